The van der Waals surface area contributed by atoms with Crippen molar-refractivity contribution in [3.05, 3.63) is 42.7 Å². The van der Waals surface area contributed by atoms with Crippen LogP contribution in [0, 0.1) is 0 Å². The van der Waals surface area contributed by atoms with Gasteiger partial charge in [-0.3, -0.25) is 9.59 Å². The van der Waals surface area contributed by atoms with Crippen LogP contribution >= 0.6 is 11.8 Å². The van der Waals surface area contributed by atoms with Crippen molar-refractivity contribution in [3.8, 4) is 11.6 Å². The summed E-state index contributed by atoms with van der Waals surface area (Å²) in [6, 6.07) is 11.2. The number of nitrogens with one attached hydrogen (secondary N) is 1. The van der Waals surface area contributed by atoms with Crippen LogP contribution in [0.25, 0.3) is 22.5 Å². The molecular weight excluding hydrogens is 366 g/mol. The number of methoxy groups -OCH3 is 1. The van der Waals surface area contributed by atoms with Gasteiger partial charge in [-0.05, 0) is 24.6 Å². The third-order valence-corrected chi connectivity index (χ3v) is 4.75. The number of ether oxygens (including phenoxy) is 1. The topological polar surface area (TPSA) is 94.3 Å². The van der Waals surface area contributed by atoms with Gasteiger partial charge in [0.1, 0.15) is 5.03 Å². The Morgan fingerprint density at radius 3 is 2.81 bits per heavy atom. The molecule has 0 aliphatic carbocycles. The fourth-order valence-corrected chi connectivity index (χ4v) is 3.27. The lowest BCUT2D eigenvalue weighted by molar-refractivity contribution is -0.140. The van der Waals surface area contributed by atoms with Crippen LogP contribution in [0.3, 0.4) is 0 Å². The van der Waals surface area contributed by atoms with Crippen molar-refractivity contribution < 1.29 is 18.7 Å². The Kier molecular flexibility index (Phi) is 6.43. The molecule has 0 radical (unpaired) electrons. The van der Waals surface area contributed by atoms with Crippen LogP contribution in [0.4, 0.5) is 0 Å². The van der Waals surface area contributed by atoms with Crippen molar-refractivity contribution in [1.82, 2.24) is 15.3 Å². The number of furan rings is 1. The highest BCUT2D eigenvalue weighted by Crippen LogP contribution is 2.28. The molecule has 2 heterocycles. The molecule has 0 unspecified atom stereocenters. The summed E-state index contributed by atoms with van der Waals surface area (Å²) in [5, 5.41) is 4.40. The van der Waals surface area contributed by atoms with Gasteiger partial charge in [0.15, 0.2) is 11.6 Å². The van der Waals surface area contributed by atoms with Crippen LogP contribution in [0.1, 0.15) is 12.8 Å². The molecule has 0 fully saturated rings. The van der Waals surface area contributed by atoms with Gasteiger partial charge in [0.05, 0.1) is 24.6 Å². The summed E-state index contributed by atoms with van der Waals surface area (Å²) < 4.78 is 9.96. The minimum absolute atomic E-state index is 0.118. The molecule has 0 aliphatic rings. The lowest BCUT2D eigenvalue weighted by Gasteiger charge is -2.08. The second-order valence-corrected chi connectivity index (χ2v) is 6.63. The zero-order valence-corrected chi connectivity index (χ0v) is 15.6. The van der Waals surface area contributed by atoms with Crippen molar-refractivity contribution in [2.75, 3.05) is 19.4 Å². The number of nitrogens with zero attached hydrogens (tertiary/aromatic N) is 2. The van der Waals surface area contributed by atoms with Crippen LogP contribution in [0.5, 0.6) is 0 Å². The maximum atomic E-state index is 12.1. The molecule has 0 aliphatic heterocycles. The highest BCUT2D eigenvalue weighted by molar-refractivity contribution is 8.00. The van der Waals surface area contributed by atoms with Gasteiger partial charge in [-0.1, -0.05) is 30.0 Å². The van der Waals surface area contributed by atoms with Gasteiger partial charge in [0.2, 0.25) is 5.91 Å². The molecule has 1 amide bonds. The monoisotopic (exact) mass is 385 g/mol. The Balaban J connectivity index is 1.65. The maximum absolute atomic E-state index is 12.1. The zero-order valence-electron chi connectivity index (χ0n) is 14.8. The Hall–Kier alpha value is -2.87. The summed E-state index contributed by atoms with van der Waals surface area (Å²) in [5.41, 5.74) is 0.792. The molecule has 0 bridgehead atoms. The number of aromatic nitrogens is 2. The molecule has 0 atom stereocenters. The standard InChI is InChI=1S/C19H19N3O4S/c1-25-17(24)9-4-10-20-16(23)12-27-19-13-6-2-3-7-14(13)21-18(22-19)15-8-5-11-26-15/h2-3,5-8,11H,4,9-10,12H2,1H3,(H,20,23). The third kappa shape index (κ3) is 5.07. The van der Waals surface area contributed by atoms with Gasteiger partial charge in [-0.2, -0.15) is 0 Å². The van der Waals surface area contributed by atoms with E-state index in [1.54, 1.807) is 18.4 Å². The van der Waals surface area contributed by atoms with E-state index in [9.17, 15) is 9.59 Å². The number of hydrogen-bond donors (Lipinski definition) is 1. The Morgan fingerprint density at radius 1 is 1.19 bits per heavy atom. The van der Waals surface area contributed by atoms with Crippen LogP contribution in [0.2, 0.25) is 0 Å². The molecule has 0 saturated carbocycles. The second kappa shape index (κ2) is 9.18. The summed E-state index contributed by atoms with van der Waals surface area (Å²) in [6.45, 7) is 0.427. The first-order chi connectivity index (χ1) is 13.2. The van der Waals surface area contributed by atoms with Crippen molar-refractivity contribution in [2.24, 2.45) is 0 Å². The molecule has 8 heteroatoms. The molecule has 7 nitrogen and oxygen atoms in total. The predicted molar refractivity (Wildman–Crippen MR) is 102 cm³/mol. The van der Waals surface area contributed by atoms with Crippen LogP contribution in [-0.4, -0.2) is 41.3 Å². The summed E-state index contributed by atoms with van der Waals surface area (Å²) in [7, 11) is 1.35. The molecule has 27 heavy (non-hydrogen) atoms. The van der Waals surface area contributed by atoms with Crippen molar-refractivity contribution in [2.45, 2.75) is 17.9 Å². The molecule has 2 aromatic heterocycles. The number of hydrogen-bond acceptors (Lipinski definition) is 7. The summed E-state index contributed by atoms with van der Waals surface area (Å²) in [6.07, 6.45) is 2.40. The maximum Gasteiger partial charge on any atom is 0.305 e. The Labute approximate surface area is 160 Å². The highest BCUT2D eigenvalue weighted by Gasteiger charge is 2.13. The molecule has 0 spiro atoms. The van der Waals surface area contributed by atoms with E-state index in [0.29, 0.717) is 24.6 Å². The molecule has 1 N–H and O–H groups in total. The number of para-hydroxylation sites is 1. The minimum Gasteiger partial charge on any atom is -0.469 e. The fourth-order valence-electron chi connectivity index (χ4n) is 2.42. The lowest BCUT2D eigenvalue weighted by Crippen LogP contribution is -2.26. The molecule has 0 saturated heterocycles. The normalized spacial score (nSPS) is 10.7. The van der Waals surface area contributed by atoms with E-state index in [1.807, 2.05) is 24.3 Å². The first kappa shape index (κ1) is 18.9. The van der Waals surface area contributed by atoms with Crippen LogP contribution in [0.15, 0.2) is 52.1 Å². The van der Waals surface area contributed by atoms with Gasteiger partial charge in [-0.15, -0.1) is 0 Å². The summed E-state index contributed by atoms with van der Waals surface area (Å²) >= 11 is 1.34. The predicted octanol–water partition coefficient (Wildman–Crippen LogP) is 3.05. The largest absolute Gasteiger partial charge is 0.469 e. The average molecular weight is 385 g/mol. The SMILES string of the molecule is COC(=O)CCCNC(=O)CSc1nc(-c2ccco2)nc2ccccc12. The molecule has 1 aromatic carbocycles. The molecule has 3 rings (SSSR count). The van der Waals surface area contributed by atoms with Crippen molar-refractivity contribution >= 4 is 34.5 Å². The number of benzene rings is 1. The van der Waals surface area contributed by atoms with Gasteiger partial charge in [0, 0.05) is 18.4 Å². The lowest BCUT2D eigenvalue weighted by atomic mass is 10.2. The first-order valence-corrected chi connectivity index (χ1v) is 9.43. The van der Waals surface area contributed by atoms with Gasteiger partial charge in [-0.25, -0.2) is 9.97 Å². The van der Waals surface area contributed by atoms with E-state index < -0.39 is 0 Å². The number of rotatable bonds is 8. The number of amides is 1. The fraction of sp³-hybridized carbons (Fsp3) is 0.263. The summed E-state index contributed by atoms with van der Waals surface area (Å²) in [5.74, 6) is 0.884. The first-order valence-electron chi connectivity index (χ1n) is 8.44. The highest BCUT2D eigenvalue weighted by atomic mass is 32.2. The van der Waals surface area contributed by atoms with Gasteiger partial charge in [0.25, 0.3) is 0 Å². The van der Waals surface area contributed by atoms with Crippen LogP contribution in [-0.2, 0) is 14.3 Å². The Morgan fingerprint density at radius 2 is 2.04 bits per heavy atom. The second-order valence-electron chi connectivity index (χ2n) is 5.67. The van der Waals surface area contributed by atoms with E-state index in [-0.39, 0.29) is 24.1 Å². The average Bonchev–Trinajstić information content (AvgIpc) is 3.23. The molecular formula is C19H19N3O4S. The number of esters is 1. The smallest absolute Gasteiger partial charge is 0.305 e. The number of thioether (sulfide) groups is 1. The third-order valence-electron chi connectivity index (χ3n) is 3.76. The molecule has 3 aromatic rings. The Bertz CT molecular complexity index is 928. The van der Waals surface area contributed by atoms with E-state index >= 15 is 0 Å². The number of carbonyl (C=O) groups excluding carboxylic acids is 2. The van der Waals surface area contributed by atoms with Gasteiger partial charge < -0.3 is 14.5 Å². The van der Waals surface area contributed by atoms with Crippen LogP contribution < -0.4 is 5.32 Å². The van der Waals surface area contributed by atoms with E-state index in [1.165, 1.54) is 18.9 Å². The van der Waals surface area contributed by atoms with Gasteiger partial charge >= 0.3 is 5.97 Å². The van der Waals surface area contributed by atoms with Crippen molar-refractivity contribution in [1.29, 1.82) is 0 Å². The summed E-state index contributed by atoms with van der Waals surface area (Å²) in [4.78, 5) is 32.2. The minimum atomic E-state index is -0.281. The van der Waals surface area contributed by atoms with E-state index in [4.69, 9.17) is 4.42 Å². The van der Waals surface area contributed by atoms with Crippen molar-refractivity contribution in [3.63, 3.8) is 0 Å². The molecule has 140 valence electrons. The van der Waals surface area contributed by atoms with E-state index in [0.717, 1.165) is 15.9 Å². The number of carbonyl (C=O) groups is 2. The zero-order chi connectivity index (χ0) is 19.1. The number of fused-ring (bicyclic) bond motifs is 1. The quantitative estimate of drug-likeness (QED) is 0.276. The van der Waals surface area contributed by atoms with E-state index in [2.05, 4.69) is 20.0 Å².